The first kappa shape index (κ1) is 11.4. The maximum atomic E-state index is 6.05. The largest absolute Gasteiger partial charge is 0.377 e. The summed E-state index contributed by atoms with van der Waals surface area (Å²) in [5.41, 5.74) is 0. The summed E-state index contributed by atoms with van der Waals surface area (Å²) in [5, 5.41) is 3.42. The first-order valence-corrected chi connectivity index (χ1v) is 6.69. The summed E-state index contributed by atoms with van der Waals surface area (Å²) in [7, 11) is 2.08. The van der Waals surface area contributed by atoms with E-state index in [0.29, 0.717) is 12.1 Å². The molecule has 0 radical (unpaired) electrons. The van der Waals surface area contributed by atoms with Crippen molar-refractivity contribution in [1.82, 2.24) is 5.32 Å². The summed E-state index contributed by atoms with van der Waals surface area (Å²) in [4.78, 5) is 0. The Morgan fingerprint density at radius 3 is 2.60 bits per heavy atom. The van der Waals surface area contributed by atoms with Crippen molar-refractivity contribution in [1.29, 1.82) is 0 Å². The molecule has 15 heavy (non-hydrogen) atoms. The minimum atomic E-state index is 0.483. The fraction of sp³-hybridized carbons (Fsp3) is 1.00. The molecular weight excluding hydrogens is 186 g/mol. The minimum absolute atomic E-state index is 0.483. The van der Waals surface area contributed by atoms with Crippen LogP contribution < -0.4 is 5.32 Å². The highest BCUT2D eigenvalue weighted by Gasteiger charge is 2.25. The highest BCUT2D eigenvalue weighted by Crippen LogP contribution is 2.32. The van der Waals surface area contributed by atoms with E-state index in [0.717, 1.165) is 12.5 Å². The summed E-state index contributed by atoms with van der Waals surface area (Å²) in [5.74, 6) is 1.00. The third-order valence-electron chi connectivity index (χ3n) is 3.88. The van der Waals surface area contributed by atoms with Crippen molar-refractivity contribution in [2.75, 3.05) is 13.7 Å². The third kappa shape index (κ3) is 3.76. The van der Waals surface area contributed by atoms with Gasteiger partial charge in [-0.2, -0.15) is 0 Å². The van der Waals surface area contributed by atoms with Gasteiger partial charge in [-0.05, 0) is 32.2 Å². The topological polar surface area (TPSA) is 21.3 Å². The van der Waals surface area contributed by atoms with Gasteiger partial charge in [-0.15, -0.1) is 0 Å². The molecule has 0 amide bonds. The SMILES string of the molecule is CNC1CCCCCC1OCCC1CC1. The first-order chi connectivity index (χ1) is 7.40. The van der Waals surface area contributed by atoms with E-state index in [1.807, 2.05) is 0 Å². The quantitative estimate of drug-likeness (QED) is 0.706. The lowest BCUT2D eigenvalue weighted by atomic mass is 10.1. The van der Waals surface area contributed by atoms with E-state index in [1.54, 1.807) is 0 Å². The van der Waals surface area contributed by atoms with Crippen molar-refractivity contribution in [3.8, 4) is 0 Å². The second-order valence-corrected chi connectivity index (χ2v) is 5.17. The number of rotatable bonds is 5. The molecule has 0 aliphatic heterocycles. The van der Waals surface area contributed by atoms with Crippen LogP contribution in [-0.4, -0.2) is 25.8 Å². The van der Waals surface area contributed by atoms with E-state index in [2.05, 4.69) is 12.4 Å². The Labute approximate surface area is 93.8 Å². The van der Waals surface area contributed by atoms with Gasteiger partial charge < -0.3 is 10.1 Å². The van der Waals surface area contributed by atoms with Gasteiger partial charge in [0.1, 0.15) is 0 Å². The van der Waals surface area contributed by atoms with Crippen LogP contribution in [-0.2, 0) is 4.74 Å². The maximum absolute atomic E-state index is 6.05. The van der Waals surface area contributed by atoms with E-state index in [4.69, 9.17) is 4.74 Å². The fourth-order valence-electron chi connectivity index (χ4n) is 2.60. The lowest BCUT2D eigenvalue weighted by Crippen LogP contribution is -2.38. The molecule has 2 aliphatic rings. The molecule has 2 nitrogen and oxygen atoms in total. The van der Waals surface area contributed by atoms with Gasteiger partial charge in [0.15, 0.2) is 0 Å². The standard InChI is InChI=1S/C13H25NO/c1-14-12-5-3-2-4-6-13(12)15-10-9-11-7-8-11/h11-14H,2-10H2,1H3. The van der Waals surface area contributed by atoms with Crippen LogP contribution >= 0.6 is 0 Å². The molecule has 2 unspecified atom stereocenters. The Morgan fingerprint density at radius 2 is 1.87 bits per heavy atom. The maximum Gasteiger partial charge on any atom is 0.0727 e. The molecular formula is C13H25NO. The summed E-state index contributed by atoms with van der Waals surface area (Å²) in [6.45, 7) is 0.994. The van der Waals surface area contributed by atoms with Gasteiger partial charge in [0.2, 0.25) is 0 Å². The van der Waals surface area contributed by atoms with Crippen LogP contribution in [0.3, 0.4) is 0 Å². The zero-order chi connectivity index (χ0) is 10.5. The number of nitrogens with one attached hydrogen (secondary N) is 1. The molecule has 0 aromatic carbocycles. The molecule has 0 bridgehead atoms. The van der Waals surface area contributed by atoms with Crippen LogP contribution in [0.25, 0.3) is 0 Å². The van der Waals surface area contributed by atoms with Crippen LogP contribution in [0.5, 0.6) is 0 Å². The number of ether oxygens (including phenoxy) is 1. The molecule has 0 heterocycles. The van der Waals surface area contributed by atoms with Crippen LogP contribution in [0, 0.1) is 5.92 Å². The lowest BCUT2D eigenvalue weighted by Gasteiger charge is -2.25. The smallest absolute Gasteiger partial charge is 0.0727 e. The van der Waals surface area contributed by atoms with E-state index in [9.17, 15) is 0 Å². The van der Waals surface area contributed by atoms with E-state index in [-0.39, 0.29) is 0 Å². The second-order valence-electron chi connectivity index (χ2n) is 5.17. The minimum Gasteiger partial charge on any atom is -0.377 e. The Bertz CT molecular complexity index is 179. The molecule has 2 heteroatoms. The Morgan fingerprint density at radius 1 is 1.07 bits per heavy atom. The molecule has 88 valence electrons. The van der Waals surface area contributed by atoms with Gasteiger partial charge in [-0.3, -0.25) is 0 Å². The number of hydrogen-bond acceptors (Lipinski definition) is 2. The summed E-state index contributed by atoms with van der Waals surface area (Å²) in [6.07, 6.45) is 11.3. The van der Waals surface area contributed by atoms with Crippen molar-refractivity contribution >= 4 is 0 Å². The second kappa shape index (κ2) is 5.86. The van der Waals surface area contributed by atoms with Crippen LogP contribution in [0.15, 0.2) is 0 Å². The van der Waals surface area contributed by atoms with Crippen molar-refractivity contribution in [3.63, 3.8) is 0 Å². The molecule has 2 atom stereocenters. The van der Waals surface area contributed by atoms with Crippen LogP contribution in [0.2, 0.25) is 0 Å². The molecule has 2 rings (SSSR count). The highest BCUT2D eigenvalue weighted by atomic mass is 16.5. The van der Waals surface area contributed by atoms with Crippen molar-refractivity contribution in [3.05, 3.63) is 0 Å². The van der Waals surface area contributed by atoms with E-state index in [1.165, 1.54) is 51.4 Å². The molecule has 0 aromatic rings. The highest BCUT2D eigenvalue weighted by molar-refractivity contribution is 4.80. The molecule has 0 aromatic heterocycles. The molecule has 2 saturated carbocycles. The third-order valence-corrected chi connectivity index (χ3v) is 3.88. The first-order valence-electron chi connectivity index (χ1n) is 6.69. The molecule has 0 spiro atoms. The van der Waals surface area contributed by atoms with Crippen molar-refractivity contribution in [2.24, 2.45) is 5.92 Å². The average molecular weight is 211 g/mol. The van der Waals surface area contributed by atoms with Gasteiger partial charge in [0.05, 0.1) is 6.10 Å². The van der Waals surface area contributed by atoms with Crippen molar-refractivity contribution in [2.45, 2.75) is 63.5 Å². The monoisotopic (exact) mass is 211 g/mol. The zero-order valence-electron chi connectivity index (χ0n) is 10.0. The van der Waals surface area contributed by atoms with Crippen LogP contribution in [0.1, 0.15) is 51.4 Å². The van der Waals surface area contributed by atoms with E-state index < -0.39 is 0 Å². The summed E-state index contributed by atoms with van der Waals surface area (Å²) >= 11 is 0. The van der Waals surface area contributed by atoms with Gasteiger partial charge in [-0.25, -0.2) is 0 Å². The lowest BCUT2D eigenvalue weighted by molar-refractivity contribution is 0.0208. The van der Waals surface area contributed by atoms with Gasteiger partial charge in [0, 0.05) is 12.6 Å². The molecule has 0 saturated heterocycles. The molecule has 2 aliphatic carbocycles. The van der Waals surface area contributed by atoms with Gasteiger partial charge in [0.25, 0.3) is 0 Å². The van der Waals surface area contributed by atoms with Crippen LogP contribution in [0.4, 0.5) is 0 Å². The fourth-order valence-corrected chi connectivity index (χ4v) is 2.60. The predicted molar refractivity (Wildman–Crippen MR) is 63.0 cm³/mol. The zero-order valence-corrected chi connectivity index (χ0v) is 10.0. The summed E-state index contributed by atoms with van der Waals surface area (Å²) in [6, 6.07) is 0.603. The normalized spacial score (nSPS) is 32.6. The summed E-state index contributed by atoms with van der Waals surface area (Å²) < 4.78 is 6.05. The van der Waals surface area contributed by atoms with Gasteiger partial charge >= 0.3 is 0 Å². The Balaban J connectivity index is 1.69. The number of likely N-dealkylation sites (N-methyl/N-ethyl adjacent to an activating group) is 1. The Kier molecular flexibility index (Phi) is 4.45. The average Bonchev–Trinajstić information content (AvgIpc) is 3.05. The van der Waals surface area contributed by atoms with Gasteiger partial charge in [-0.1, -0.05) is 32.1 Å². The number of hydrogen-bond donors (Lipinski definition) is 1. The van der Waals surface area contributed by atoms with Crippen molar-refractivity contribution < 1.29 is 4.74 Å². The predicted octanol–water partition coefficient (Wildman–Crippen LogP) is 2.72. The Hall–Kier alpha value is -0.0800. The molecule has 1 N–H and O–H groups in total. The molecule has 2 fully saturated rings. The van der Waals surface area contributed by atoms with E-state index >= 15 is 0 Å².